The molecule has 1 aromatic heterocycles. The number of carbonyl (C=O) groups excluding carboxylic acids is 1. The van der Waals surface area contributed by atoms with Gasteiger partial charge in [0, 0.05) is 12.8 Å². The maximum Gasteiger partial charge on any atom is 0.174 e. The third kappa shape index (κ3) is 1.73. The van der Waals surface area contributed by atoms with E-state index in [1.165, 1.54) is 24.3 Å². The molecule has 0 bridgehead atoms. The molecule has 0 radical (unpaired) electrons. The first kappa shape index (κ1) is 9.52. The summed E-state index contributed by atoms with van der Waals surface area (Å²) in [5.41, 5.74) is 1.09. The summed E-state index contributed by atoms with van der Waals surface area (Å²) in [7, 11) is 0. The molecule has 0 saturated heterocycles. The largest absolute Gasteiger partial charge is 0.293 e. The first-order valence-corrected chi connectivity index (χ1v) is 6.66. The monoisotopic (exact) mass is 221 g/mol. The second-order valence-corrected chi connectivity index (χ2v) is 5.74. The molecule has 0 amide bonds. The van der Waals surface area contributed by atoms with Gasteiger partial charge in [-0.25, -0.2) is 4.98 Å². The molecule has 0 aromatic carbocycles. The van der Waals surface area contributed by atoms with Crippen LogP contribution in [0.1, 0.15) is 52.5 Å². The van der Waals surface area contributed by atoms with Crippen molar-refractivity contribution in [2.75, 3.05) is 0 Å². The average molecular weight is 221 g/mol. The number of hydrogen-bond acceptors (Lipinski definition) is 3. The summed E-state index contributed by atoms with van der Waals surface area (Å²) in [4.78, 5) is 17.2. The van der Waals surface area contributed by atoms with Crippen molar-refractivity contribution in [3.8, 4) is 0 Å². The number of aryl methyl sites for hydroxylation is 1. The fourth-order valence-electron chi connectivity index (χ4n) is 2.35. The van der Waals surface area contributed by atoms with E-state index < -0.39 is 0 Å². The van der Waals surface area contributed by atoms with Crippen LogP contribution in [0.3, 0.4) is 0 Å². The fraction of sp³-hybridized carbons (Fsp3) is 0.667. The predicted octanol–water partition coefficient (Wildman–Crippen LogP) is 3.00. The van der Waals surface area contributed by atoms with E-state index in [2.05, 4.69) is 4.98 Å². The number of Topliss-reactive ketones (excluding diaryl/α,β-unsaturated/α-hetero) is 1. The number of ketones is 1. The standard InChI is InChI=1S/C12H15NOS/c14-10-6-2-5-9-12(10)15-11(13-9)7-8-3-1-4-8/h8H,1-7H2. The molecule has 3 rings (SSSR count). The van der Waals surface area contributed by atoms with Gasteiger partial charge in [-0.05, 0) is 18.8 Å². The van der Waals surface area contributed by atoms with Crippen LogP contribution in [0.5, 0.6) is 0 Å². The zero-order valence-electron chi connectivity index (χ0n) is 8.79. The van der Waals surface area contributed by atoms with Crippen molar-refractivity contribution in [2.45, 2.75) is 44.9 Å². The highest BCUT2D eigenvalue weighted by Gasteiger charge is 2.24. The second-order valence-electron chi connectivity index (χ2n) is 4.66. The number of aromatic nitrogens is 1. The second kappa shape index (κ2) is 3.71. The zero-order valence-corrected chi connectivity index (χ0v) is 9.61. The molecule has 1 saturated carbocycles. The van der Waals surface area contributed by atoms with Crippen molar-refractivity contribution in [3.05, 3.63) is 15.6 Å². The fourth-order valence-corrected chi connectivity index (χ4v) is 3.54. The molecule has 0 atom stereocenters. The van der Waals surface area contributed by atoms with Crippen LogP contribution in [-0.2, 0) is 12.8 Å². The van der Waals surface area contributed by atoms with Crippen LogP contribution in [0.4, 0.5) is 0 Å². The molecule has 0 unspecified atom stereocenters. The molecular formula is C12H15NOS. The smallest absolute Gasteiger partial charge is 0.174 e. The maximum absolute atomic E-state index is 11.6. The molecule has 2 nitrogen and oxygen atoms in total. The summed E-state index contributed by atoms with van der Waals surface area (Å²) in [6.07, 6.45) is 7.97. The zero-order chi connectivity index (χ0) is 10.3. The number of thiazole rings is 1. The number of nitrogens with zero attached hydrogens (tertiary/aromatic N) is 1. The summed E-state index contributed by atoms with van der Waals surface area (Å²) >= 11 is 1.66. The molecule has 2 aliphatic carbocycles. The van der Waals surface area contributed by atoms with E-state index in [1.54, 1.807) is 11.3 Å². The summed E-state index contributed by atoms with van der Waals surface area (Å²) in [5.74, 6) is 1.18. The third-order valence-corrected chi connectivity index (χ3v) is 4.66. The normalized spacial score (nSPS) is 21.2. The maximum atomic E-state index is 11.6. The Balaban J connectivity index is 1.81. The van der Waals surface area contributed by atoms with Gasteiger partial charge in [-0.2, -0.15) is 0 Å². The van der Waals surface area contributed by atoms with E-state index in [4.69, 9.17) is 0 Å². The Morgan fingerprint density at radius 3 is 2.80 bits per heavy atom. The molecule has 1 aromatic rings. The molecular weight excluding hydrogens is 206 g/mol. The summed E-state index contributed by atoms with van der Waals surface area (Å²) in [5, 5.41) is 1.21. The van der Waals surface area contributed by atoms with Gasteiger partial charge in [0.1, 0.15) is 0 Å². The summed E-state index contributed by atoms with van der Waals surface area (Å²) < 4.78 is 0. The van der Waals surface area contributed by atoms with Gasteiger partial charge in [-0.3, -0.25) is 4.79 Å². The SMILES string of the molecule is O=C1CCCc2nc(CC3CCC3)sc21. The van der Waals surface area contributed by atoms with Gasteiger partial charge in [0.05, 0.1) is 15.6 Å². The summed E-state index contributed by atoms with van der Waals surface area (Å²) in [6.45, 7) is 0. The highest BCUT2D eigenvalue weighted by molar-refractivity contribution is 7.13. The van der Waals surface area contributed by atoms with E-state index >= 15 is 0 Å². The van der Waals surface area contributed by atoms with Crippen molar-refractivity contribution >= 4 is 17.1 Å². The third-order valence-electron chi connectivity index (χ3n) is 3.50. The van der Waals surface area contributed by atoms with Gasteiger partial charge < -0.3 is 0 Å². The van der Waals surface area contributed by atoms with Gasteiger partial charge in [0.15, 0.2) is 5.78 Å². The Morgan fingerprint density at radius 1 is 1.27 bits per heavy atom. The lowest BCUT2D eigenvalue weighted by Crippen LogP contribution is -2.13. The van der Waals surface area contributed by atoms with Crippen molar-refractivity contribution in [2.24, 2.45) is 5.92 Å². The molecule has 0 aliphatic heterocycles. The molecule has 0 spiro atoms. The van der Waals surface area contributed by atoms with Crippen molar-refractivity contribution in [1.29, 1.82) is 0 Å². The highest BCUT2D eigenvalue weighted by atomic mass is 32.1. The topological polar surface area (TPSA) is 30.0 Å². The van der Waals surface area contributed by atoms with Gasteiger partial charge in [-0.1, -0.05) is 19.3 Å². The predicted molar refractivity (Wildman–Crippen MR) is 60.4 cm³/mol. The molecule has 1 heterocycles. The lowest BCUT2D eigenvalue weighted by molar-refractivity contribution is 0.0976. The quantitative estimate of drug-likeness (QED) is 0.768. The number of rotatable bonds is 2. The number of carbonyl (C=O) groups is 1. The van der Waals surface area contributed by atoms with Crippen LogP contribution in [0.25, 0.3) is 0 Å². The first-order chi connectivity index (χ1) is 7.33. The van der Waals surface area contributed by atoms with E-state index in [9.17, 15) is 4.79 Å². The number of hydrogen-bond donors (Lipinski definition) is 0. The van der Waals surface area contributed by atoms with Crippen LogP contribution in [0, 0.1) is 5.92 Å². The molecule has 15 heavy (non-hydrogen) atoms. The minimum absolute atomic E-state index is 0.327. The molecule has 2 aliphatic rings. The Hall–Kier alpha value is -0.700. The lowest BCUT2D eigenvalue weighted by Gasteiger charge is -2.23. The Kier molecular flexibility index (Phi) is 2.35. The highest BCUT2D eigenvalue weighted by Crippen LogP contribution is 2.33. The Morgan fingerprint density at radius 2 is 2.13 bits per heavy atom. The van der Waals surface area contributed by atoms with Crippen LogP contribution < -0.4 is 0 Å². The summed E-state index contributed by atoms with van der Waals surface area (Å²) in [6, 6.07) is 0. The Bertz CT molecular complexity index is 392. The van der Waals surface area contributed by atoms with Gasteiger partial charge in [0.25, 0.3) is 0 Å². The van der Waals surface area contributed by atoms with Gasteiger partial charge >= 0.3 is 0 Å². The average Bonchev–Trinajstić information content (AvgIpc) is 2.56. The minimum Gasteiger partial charge on any atom is -0.293 e. The van der Waals surface area contributed by atoms with Crippen molar-refractivity contribution < 1.29 is 4.79 Å². The van der Waals surface area contributed by atoms with Gasteiger partial charge in [-0.15, -0.1) is 11.3 Å². The van der Waals surface area contributed by atoms with Crippen LogP contribution >= 0.6 is 11.3 Å². The minimum atomic E-state index is 0.327. The van der Waals surface area contributed by atoms with E-state index in [1.807, 2.05) is 0 Å². The van der Waals surface area contributed by atoms with Crippen LogP contribution in [0.2, 0.25) is 0 Å². The molecule has 1 fully saturated rings. The van der Waals surface area contributed by atoms with Crippen molar-refractivity contribution in [3.63, 3.8) is 0 Å². The van der Waals surface area contributed by atoms with Crippen LogP contribution in [0.15, 0.2) is 0 Å². The van der Waals surface area contributed by atoms with E-state index in [0.29, 0.717) is 5.78 Å². The molecule has 3 heteroatoms. The molecule has 80 valence electrons. The van der Waals surface area contributed by atoms with Crippen LogP contribution in [-0.4, -0.2) is 10.8 Å². The Labute approximate surface area is 93.7 Å². The molecule has 0 N–H and O–H groups in total. The van der Waals surface area contributed by atoms with E-state index in [0.717, 1.165) is 42.2 Å². The van der Waals surface area contributed by atoms with E-state index in [-0.39, 0.29) is 0 Å². The lowest BCUT2D eigenvalue weighted by atomic mass is 9.83. The number of fused-ring (bicyclic) bond motifs is 1. The first-order valence-electron chi connectivity index (χ1n) is 5.84. The van der Waals surface area contributed by atoms with Gasteiger partial charge in [0.2, 0.25) is 0 Å². The van der Waals surface area contributed by atoms with Crippen molar-refractivity contribution in [1.82, 2.24) is 4.98 Å².